The molecule has 0 spiro atoms. The molecule has 2 aliphatic rings. The van der Waals surface area contributed by atoms with Crippen molar-refractivity contribution in [2.45, 2.75) is 31.7 Å². The summed E-state index contributed by atoms with van der Waals surface area (Å²) in [4.78, 5) is 7.15. The molecule has 1 aliphatic carbocycles. The topological polar surface area (TPSA) is 45.5 Å². The molecule has 106 valence electrons. The molecule has 4 rings (SSSR count). The second-order valence-corrected chi connectivity index (χ2v) is 5.99. The van der Waals surface area contributed by atoms with E-state index >= 15 is 0 Å². The van der Waals surface area contributed by atoms with E-state index in [1.165, 1.54) is 25.7 Å². The lowest BCUT2D eigenvalue weighted by Crippen LogP contribution is -2.37. The van der Waals surface area contributed by atoms with Gasteiger partial charge in [-0.2, -0.15) is 4.98 Å². The minimum atomic E-state index is 0.669. The van der Waals surface area contributed by atoms with Crippen LogP contribution in [0.3, 0.4) is 0 Å². The number of fused-ring (bicyclic) bond motifs is 1. The number of hydrogen-bond acceptors (Lipinski definition) is 4. The van der Waals surface area contributed by atoms with Crippen molar-refractivity contribution in [3.63, 3.8) is 0 Å². The van der Waals surface area contributed by atoms with Crippen LogP contribution in [0.4, 0.5) is 5.95 Å². The summed E-state index contributed by atoms with van der Waals surface area (Å²) in [6.45, 7) is 3.42. The lowest BCUT2D eigenvalue weighted by molar-refractivity contribution is 0.371. The zero-order valence-corrected chi connectivity index (χ0v) is 11.7. The number of piperidine rings is 1. The highest BCUT2D eigenvalue weighted by atomic mass is 15.4. The normalized spacial score (nSPS) is 20.4. The molecule has 0 radical (unpaired) electrons. The fourth-order valence-electron chi connectivity index (χ4n) is 3.06. The Morgan fingerprint density at radius 3 is 2.80 bits per heavy atom. The molecule has 2 fully saturated rings. The average molecular weight is 271 g/mol. The second kappa shape index (κ2) is 5.05. The van der Waals surface area contributed by atoms with E-state index in [2.05, 4.69) is 15.3 Å². The lowest BCUT2D eigenvalue weighted by Gasteiger charge is -2.29. The van der Waals surface area contributed by atoms with Crippen LogP contribution in [0.25, 0.3) is 5.65 Å². The molecule has 1 N–H and O–H groups in total. The lowest BCUT2D eigenvalue weighted by atomic mass is 9.97. The van der Waals surface area contributed by atoms with Gasteiger partial charge in [-0.05, 0) is 56.8 Å². The Labute approximate surface area is 119 Å². The molecule has 20 heavy (non-hydrogen) atoms. The highest BCUT2D eigenvalue weighted by molar-refractivity contribution is 5.45. The summed E-state index contributed by atoms with van der Waals surface area (Å²) in [7, 11) is 0. The molecule has 1 saturated carbocycles. The molecule has 2 aromatic rings. The van der Waals surface area contributed by atoms with Crippen molar-refractivity contribution in [2.75, 3.05) is 24.5 Å². The summed E-state index contributed by atoms with van der Waals surface area (Å²) < 4.78 is 1.88. The van der Waals surface area contributed by atoms with Gasteiger partial charge in [-0.25, -0.2) is 4.52 Å². The first-order valence-corrected chi connectivity index (χ1v) is 7.69. The first-order chi connectivity index (χ1) is 9.90. The smallest absolute Gasteiger partial charge is 0.245 e. The van der Waals surface area contributed by atoms with Crippen LogP contribution in [-0.4, -0.2) is 40.3 Å². The van der Waals surface area contributed by atoms with Crippen molar-refractivity contribution in [1.29, 1.82) is 0 Å². The van der Waals surface area contributed by atoms with Gasteiger partial charge in [-0.3, -0.25) is 0 Å². The number of pyridine rings is 1. The molecule has 2 aromatic heterocycles. The number of anilines is 1. The van der Waals surface area contributed by atoms with E-state index in [4.69, 9.17) is 4.98 Å². The monoisotopic (exact) mass is 271 g/mol. The van der Waals surface area contributed by atoms with Gasteiger partial charge >= 0.3 is 0 Å². The Balaban J connectivity index is 1.58. The fourth-order valence-corrected chi connectivity index (χ4v) is 3.06. The molecule has 0 bridgehead atoms. The quantitative estimate of drug-likeness (QED) is 0.919. The van der Waals surface area contributed by atoms with Gasteiger partial charge in [0.1, 0.15) is 0 Å². The summed E-state index contributed by atoms with van der Waals surface area (Å²) in [6.07, 6.45) is 7.11. The van der Waals surface area contributed by atoms with E-state index in [0.717, 1.165) is 37.1 Å². The molecular weight excluding hydrogens is 250 g/mol. The predicted molar refractivity (Wildman–Crippen MR) is 78.9 cm³/mol. The van der Waals surface area contributed by atoms with Crippen molar-refractivity contribution in [1.82, 2.24) is 19.9 Å². The highest BCUT2D eigenvalue weighted by Gasteiger charge is 2.33. The van der Waals surface area contributed by atoms with Gasteiger partial charge in [-0.15, -0.1) is 5.10 Å². The largest absolute Gasteiger partial charge is 0.336 e. The van der Waals surface area contributed by atoms with Crippen LogP contribution in [-0.2, 0) is 0 Å². The number of rotatable bonds is 4. The molecule has 0 unspecified atom stereocenters. The Bertz CT molecular complexity index is 550. The molecule has 0 aromatic carbocycles. The molecule has 5 heteroatoms. The third kappa shape index (κ3) is 2.38. The van der Waals surface area contributed by atoms with E-state index in [9.17, 15) is 0 Å². The second-order valence-electron chi connectivity index (χ2n) is 5.99. The zero-order chi connectivity index (χ0) is 13.4. The summed E-state index contributed by atoms with van der Waals surface area (Å²) in [6, 6.07) is 6.70. The molecule has 0 atom stereocenters. The first kappa shape index (κ1) is 12.1. The number of nitrogens with one attached hydrogen (secondary N) is 1. The van der Waals surface area contributed by atoms with Crippen LogP contribution in [0.2, 0.25) is 0 Å². The van der Waals surface area contributed by atoms with Crippen LogP contribution in [0.5, 0.6) is 0 Å². The number of nitrogens with zero attached hydrogens (tertiary/aromatic N) is 4. The standard InChI is InChI=1S/C15H21N5/c1-2-10-20-14(3-1)17-15(18-20)19(13-4-5-13)11-12-6-8-16-9-7-12/h1-3,10,12-13,16H,4-9,11H2. The van der Waals surface area contributed by atoms with Crippen LogP contribution >= 0.6 is 0 Å². The summed E-state index contributed by atoms with van der Waals surface area (Å²) in [5.41, 5.74) is 0.943. The van der Waals surface area contributed by atoms with Crippen LogP contribution in [0, 0.1) is 5.92 Å². The Morgan fingerprint density at radius 2 is 2.05 bits per heavy atom. The van der Waals surface area contributed by atoms with Gasteiger partial charge in [0.25, 0.3) is 0 Å². The Kier molecular flexibility index (Phi) is 3.07. The maximum absolute atomic E-state index is 4.70. The van der Waals surface area contributed by atoms with Crippen LogP contribution in [0.15, 0.2) is 24.4 Å². The minimum Gasteiger partial charge on any atom is -0.336 e. The van der Waals surface area contributed by atoms with Crippen molar-refractivity contribution >= 4 is 11.6 Å². The third-order valence-electron chi connectivity index (χ3n) is 4.39. The number of hydrogen-bond donors (Lipinski definition) is 1. The first-order valence-electron chi connectivity index (χ1n) is 7.69. The Morgan fingerprint density at radius 1 is 1.20 bits per heavy atom. The summed E-state index contributed by atoms with van der Waals surface area (Å²) in [5.74, 6) is 1.70. The zero-order valence-electron chi connectivity index (χ0n) is 11.7. The van der Waals surface area contributed by atoms with E-state index in [0.29, 0.717) is 6.04 Å². The molecule has 1 saturated heterocycles. The summed E-state index contributed by atoms with van der Waals surface area (Å²) in [5, 5.41) is 8.10. The summed E-state index contributed by atoms with van der Waals surface area (Å²) >= 11 is 0. The molecule has 5 nitrogen and oxygen atoms in total. The fraction of sp³-hybridized carbons (Fsp3) is 0.600. The highest BCUT2D eigenvalue weighted by Crippen LogP contribution is 2.31. The van der Waals surface area contributed by atoms with E-state index in [1.54, 1.807) is 0 Å². The molecular formula is C15H21N5. The maximum Gasteiger partial charge on any atom is 0.245 e. The van der Waals surface area contributed by atoms with Gasteiger partial charge in [0.05, 0.1) is 0 Å². The van der Waals surface area contributed by atoms with E-state index in [1.807, 2.05) is 28.9 Å². The van der Waals surface area contributed by atoms with Crippen molar-refractivity contribution in [2.24, 2.45) is 5.92 Å². The molecule has 0 amide bonds. The van der Waals surface area contributed by atoms with E-state index in [-0.39, 0.29) is 0 Å². The minimum absolute atomic E-state index is 0.669. The van der Waals surface area contributed by atoms with Gasteiger partial charge in [0, 0.05) is 18.8 Å². The predicted octanol–water partition coefficient (Wildman–Crippen LogP) is 1.70. The maximum atomic E-state index is 4.70. The average Bonchev–Trinajstić information content (AvgIpc) is 3.24. The van der Waals surface area contributed by atoms with Gasteiger partial charge in [0.2, 0.25) is 5.95 Å². The Hall–Kier alpha value is -1.62. The van der Waals surface area contributed by atoms with Crippen LogP contribution in [0.1, 0.15) is 25.7 Å². The van der Waals surface area contributed by atoms with Gasteiger partial charge in [0.15, 0.2) is 5.65 Å². The van der Waals surface area contributed by atoms with Crippen molar-refractivity contribution in [3.05, 3.63) is 24.4 Å². The van der Waals surface area contributed by atoms with Gasteiger partial charge < -0.3 is 10.2 Å². The van der Waals surface area contributed by atoms with Gasteiger partial charge in [-0.1, -0.05) is 6.07 Å². The molecule has 3 heterocycles. The van der Waals surface area contributed by atoms with Crippen molar-refractivity contribution in [3.8, 4) is 0 Å². The SMILES string of the molecule is c1ccn2nc(N(CC3CCNCC3)C3CC3)nc2c1. The third-order valence-corrected chi connectivity index (χ3v) is 4.39. The number of aromatic nitrogens is 3. The van der Waals surface area contributed by atoms with E-state index < -0.39 is 0 Å². The van der Waals surface area contributed by atoms with Crippen molar-refractivity contribution < 1.29 is 0 Å². The van der Waals surface area contributed by atoms with Crippen LogP contribution < -0.4 is 10.2 Å². The molecule has 1 aliphatic heterocycles.